The number of anilines is 1. The van der Waals surface area contributed by atoms with Crippen molar-refractivity contribution in [2.75, 3.05) is 44.7 Å². The SMILES string of the molecule is COc1ccccc1N1CCN(CC2C(=O)O[C@@H]3C[C@@]4(C)CCC=C(C)C4=C[C@H]23)CC1. The highest BCUT2D eigenvalue weighted by Gasteiger charge is 2.51. The van der Waals surface area contributed by atoms with Crippen LogP contribution in [0.5, 0.6) is 5.75 Å². The normalized spacial score (nSPS) is 33.2. The first-order valence-electron chi connectivity index (χ1n) is 11.7. The number of carbonyl (C=O) groups is 1. The predicted octanol–water partition coefficient (Wildman–Crippen LogP) is 4.05. The van der Waals surface area contributed by atoms with Gasteiger partial charge in [-0.1, -0.05) is 36.8 Å². The number of rotatable bonds is 4. The Balaban J connectivity index is 1.27. The van der Waals surface area contributed by atoms with Crippen LogP contribution in [0.25, 0.3) is 0 Å². The molecule has 0 amide bonds. The number of piperazine rings is 1. The van der Waals surface area contributed by atoms with E-state index in [-0.39, 0.29) is 29.3 Å². The quantitative estimate of drug-likeness (QED) is 0.685. The topological polar surface area (TPSA) is 42.0 Å². The number of carbonyl (C=O) groups excluding carboxylic acids is 1. The molecule has 0 spiro atoms. The average molecular weight is 423 g/mol. The molecule has 5 rings (SSSR count). The molecule has 0 aromatic heterocycles. The number of hydrogen-bond donors (Lipinski definition) is 0. The van der Waals surface area contributed by atoms with E-state index in [9.17, 15) is 4.79 Å². The van der Waals surface area contributed by atoms with Gasteiger partial charge in [0.15, 0.2) is 0 Å². The summed E-state index contributed by atoms with van der Waals surface area (Å²) in [5.74, 6) is 1.09. The van der Waals surface area contributed by atoms with Gasteiger partial charge >= 0.3 is 5.97 Å². The summed E-state index contributed by atoms with van der Waals surface area (Å²) in [4.78, 5) is 17.7. The van der Waals surface area contributed by atoms with E-state index >= 15 is 0 Å². The van der Waals surface area contributed by atoms with Crippen LogP contribution in [0.2, 0.25) is 0 Å². The van der Waals surface area contributed by atoms with Crippen LogP contribution in [0, 0.1) is 17.3 Å². The van der Waals surface area contributed by atoms with Gasteiger partial charge < -0.3 is 14.4 Å². The lowest BCUT2D eigenvalue weighted by atomic mass is 9.62. The summed E-state index contributed by atoms with van der Waals surface area (Å²) in [6.07, 6.45) is 8.07. The van der Waals surface area contributed by atoms with E-state index in [0.717, 1.165) is 63.4 Å². The molecule has 5 heteroatoms. The number of ether oxygens (including phenoxy) is 2. The molecule has 2 aliphatic heterocycles. The first-order chi connectivity index (χ1) is 15.0. The lowest BCUT2D eigenvalue weighted by molar-refractivity contribution is -0.145. The molecule has 0 saturated carbocycles. The maximum Gasteiger partial charge on any atom is 0.311 e. The molecule has 31 heavy (non-hydrogen) atoms. The van der Waals surface area contributed by atoms with Crippen LogP contribution in [0.4, 0.5) is 5.69 Å². The van der Waals surface area contributed by atoms with E-state index in [4.69, 9.17) is 9.47 Å². The van der Waals surface area contributed by atoms with E-state index in [0.29, 0.717) is 0 Å². The maximum atomic E-state index is 12.9. The summed E-state index contributed by atoms with van der Waals surface area (Å²) >= 11 is 0. The van der Waals surface area contributed by atoms with E-state index in [1.807, 2.05) is 12.1 Å². The average Bonchev–Trinajstić information content (AvgIpc) is 3.06. The lowest BCUT2D eigenvalue weighted by Gasteiger charge is -2.43. The van der Waals surface area contributed by atoms with E-state index in [1.54, 1.807) is 7.11 Å². The summed E-state index contributed by atoms with van der Waals surface area (Å²) in [6, 6.07) is 8.21. The van der Waals surface area contributed by atoms with Crippen LogP contribution in [-0.2, 0) is 9.53 Å². The van der Waals surface area contributed by atoms with Crippen molar-refractivity contribution in [2.45, 2.75) is 39.2 Å². The molecule has 2 saturated heterocycles. The first kappa shape index (κ1) is 20.6. The van der Waals surface area contributed by atoms with Crippen LogP contribution in [0.1, 0.15) is 33.1 Å². The zero-order valence-electron chi connectivity index (χ0n) is 19.0. The molecule has 5 nitrogen and oxygen atoms in total. The minimum absolute atomic E-state index is 0.00267. The van der Waals surface area contributed by atoms with Gasteiger partial charge in [0.1, 0.15) is 11.9 Å². The molecule has 166 valence electrons. The Kier molecular flexibility index (Phi) is 5.33. The van der Waals surface area contributed by atoms with Gasteiger partial charge in [-0.25, -0.2) is 0 Å². The van der Waals surface area contributed by atoms with Gasteiger partial charge in [0.25, 0.3) is 0 Å². The van der Waals surface area contributed by atoms with Crippen LogP contribution in [0.15, 0.2) is 47.6 Å². The van der Waals surface area contributed by atoms with Crippen molar-refractivity contribution in [3.05, 3.63) is 47.6 Å². The minimum atomic E-state index is -0.0467. The Bertz CT molecular complexity index is 915. The third-order valence-corrected chi connectivity index (χ3v) is 7.95. The molecule has 1 unspecified atom stereocenters. The molecule has 0 N–H and O–H groups in total. The van der Waals surface area contributed by atoms with Crippen LogP contribution >= 0.6 is 0 Å². The van der Waals surface area contributed by atoms with Crippen molar-refractivity contribution in [1.82, 2.24) is 4.90 Å². The number of hydrogen-bond acceptors (Lipinski definition) is 5. The smallest absolute Gasteiger partial charge is 0.311 e. The molecule has 4 atom stereocenters. The van der Waals surface area contributed by atoms with E-state index < -0.39 is 0 Å². The van der Waals surface area contributed by atoms with Gasteiger partial charge in [-0.05, 0) is 49.3 Å². The summed E-state index contributed by atoms with van der Waals surface area (Å²) in [5, 5.41) is 0. The van der Waals surface area contributed by atoms with E-state index in [2.05, 4.69) is 47.9 Å². The monoisotopic (exact) mass is 422 g/mol. The second-order valence-electron chi connectivity index (χ2n) is 9.89. The number of fused-ring (bicyclic) bond motifs is 2. The number of nitrogens with zero attached hydrogens (tertiary/aromatic N) is 2. The van der Waals surface area contributed by atoms with Crippen molar-refractivity contribution < 1.29 is 14.3 Å². The highest BCUT2D eigenvalue weighted by molar-refractivity contribution is 5.76. The van der Waals surface area contributed by atoms with Gasteiger partial charge in [-0.2, -0.15) is 0 Å². The first-order valence-corrected chi connectivity index (χ1v) is 11.7. The number of allylic oxidation sites excluding steroid dienone is 3. The number of methoxy groups -OCH3 is 1. The fraction of sp³-hybridized carbons (Fsp3) is 0.577. The molecule has 0 bridgehead atoms. The Hall–Kier alpha value is -2.27. The van der Waals surface area contributed by atoms with Crippen LogP contribution in [-0.4, -0.2) is 56.8 Å². The van der Waals surface area contributed by atoms with E-state index in [1.165, 1.54) is 11.1 Å². The minimum Gasteiger partial charge on any atom is -0.495 e. The van der Waals surface area contributed by atoms with Crippen LogP contribution < -0.4 is 9.64 Å². The Morgan fingerprint density at radius 2 is 1.97 bits per heavy atom. The van der Waals surface area contributed by atoms with Gasteiger partial charge in [0.2, 0.25) is 0 Å². The fourth-order valence-electron chi connectivity index (χ4n) is 6.18. The van der Waals surface area contributed by atoms with Crippen molar-refractivity contribution >= 4 is 11.7 Å². The Labute approximate surface area is 185 Å². The second-order valence-corrected chi connectivity index (χ2v) is 9.89. The molecule has 0 radical (unpaired) electrons. The third kappa shape index (κ3) is 3.67. The third-order valence-electron chi connectivity index (χ3n) is 7.95. The highest BCUT2D eigenvalue weighted by atomic mass is 16.6. The van der Waals surface area contributed by atoms with Crippen molar-refractivity contribution in [3.8, 4) is 5.75 Å². The number of esters is 1. The van der Waals surface area contributed by atoms with Crippen LogP contribution in [0.3, 0.4) is 0 Å². The second kappa shape index (κ2) is 8.01. The molecular formula is C26H34N2O3. The molecule has 2 heterocycles. The Morgan fingerprint density at radius 1 is 1.19 bits per heavy atom. The van der Waals surface area contributed by atoms with Crippen molar-refractivity contribution in [1.29, 1.82) is 0 Å². The molecule has 1 aromatic rings. The molecule has 4 aliphatic rings. The zero-order valence-corrected chi connectivity index (χ0v) is 19.0. The standard InChI is InChI=1S/C26H34N2O3/c1-18-7-6-10-26(2)16-24-19(15-21(18)26)20(25(29)31-24)17-27-11-13-28(14-12-27)22-8-4-5-9-23(22)30-3/h4-5,7-9,15,19-20,24H,6,10-14,16-17H2,1-3H3/t19-,20?,24-,26-/m1/s1. The Morgan fingerprint density at radius 3 is 2.74 bits per heavy atom. The summed E-state index contributed by atoms with van der Waals surface area (Å²) in [5.41, 5.74) is 4.18. The van der Waals surface area contributed by atoms with Gasteiger partial charge in [-0.3, -0.25) is 9.69 Å². The van der Waals surface area contributed by atoms with Gasteiger partial charge in [0, 0.05) is 38.6 Å². The molecule has 2 aliphatic carbocycles. The summed E-state index contributed by atoms with van der Waals surface area (Å²) < 4.78 is 11.5. The van der Waals surface area contributed by atoms with Gasteiger partial charge in [-0.15, -0.1) is 0 Å². The molecular weight excluding hydrogens is 388 g/mol. The highest BCUT2D eigenvalue weighted by Crippen LogP contribution is 2.52. The largest absolute Gasteiger partial charge is 0.495 e. The van der Waals surface area contributed by atoms with Gasteiger partial charge in [0.05, 0.1) is 18.7 Å². The van der Waals surface area contributed by atoms with Crippen molar-refractivity contribution in [2.24, 2.45) is 17.3 Å². The molecule has 1 aromatic carbocycles. The maximum absolute atomic E-state index is 12.9. The lowest BCUT2D eigenvalue weighted by Crippen LogP contribution is -2.49. The predicted molar refractivity (Wildman–Crippen MR) is 122 cm³/mol. The molecule has 2 fully saturated rings. The zero-order chi connectivity index (χ0) is 21.6. The van der Waals surface area contributed by atoms with Crippen molar-refractivity contribution in [3.63, 3.8) is 0 Å². The number of benzene rings is 1. The fourth-order valence-corrected chi connectivity index (χ4v) is 6.18. The number of para-hydroxylation sites is 2. The summed E-state index contributed by atoms with van der Waals surface area (Å²) in [7, 11) is 1.73. The summed E-state index contributed by atoms with van der Waals surface area (Å²) in [6.45, 7) is 9.16.